The Morgan fingerprint density at radius 1 is 0.483 bits per heavy atom. The van der Waals surface area contributed by atoms with Crippen molar-refractivity contribution in [3.05, 3.63) is 175 Å². The van der Waals surface area contributed by atoms with Gasteiger partial charge in [0.15, 0.2) is 11.6 Å². The number of furan rings is 1. The van der Waals surface area contributed by atoms with Gasteiger partial charge in [-0.05, 0) is 48.5 Å². The number of nitrogens with zero attached hydrogens (tertiary/aromatic N) is 5. The molecule has 0 amide bonds. The van der Waals surface area contributed by atoms with Gasteiger partial charge < -0.3 is 13.7 Å². The first-order valence-corrected chi connectivity index (χ1v) is 19.6. The molecule has 1 unspecified atom stereocenters. The first-order valence-electron chi connectivity index (χ1n) is 19.6. The summed E-state index contributed by atoms with van der Waals surface area (Å²) in [7, 11) is 0. The molecule has 0 saturated carbocycles. The number of hydrogen-bond donors (Lipinski definition) is 0. The van der Waals surface area contributed by atoms with Gasteiger partial charge in [-0.2, -0.15) is 9.97 Å². The van der Waals surface area contributed by atoms with Gasteiger partial charge in [-0.25, -0.2) is 4.98 Å². The molecule has 2 aliphatic rings. The Hall–Kier alpha value is -7.77. The first kappa shape index (κ1) is 31.4. The van der Waals surface area contributed by atoms with Crippen molar-refractivity contribution in [3.8, 4) is 34.5 Å². The second-order valence-corrected chi connectivity index (χ2v) is 15.1. The van der Waals surface area contributed by atoms with Crippen molar-refractivity contribution in [2.75, 3.05) is 0 Å². The largest absolute Gasteiger partial charge is 0.485 e. The summed E-state index contributed by atoms with van der Waals surface area (Å²) < 4.78 is 18.1. The van der Waals surface area contributed by atoms with Crippen LogP contribution in [-0.4, -0.2) is 30.2 Å². The molecule has 1 atom stereocenters. The van der Waals surface area contributed by atoms with Crippen LogP contribution in [0.1, 0.15) is 12.0 Å². The third kappa shape index (κ3) is 4.41. The number of hydrogen-bond acceptors (Lipinski definition) is 5. The normalized spacial score (nSPS) is 15.0. The van der Waals surface area contributed by atoms with Crippen LogP contribution in [0.2, 0.25) is 0 Å². The summed E-state index contributed by atoms with van der Waals surface area (Å²) in [5, 5.41) is 6.49. The van der Waals surface area contributed by atoms with E-state index in [-0.39, 0.29) is 6.10 Å². The van der Waals surface area contributed by atoms with E-state index >= 15 is 0 Å². The van der Waals surface area contributed by atoms with Crippen molar-refractivity contribution in [2.45, 2.75) is 12.5 Å². The molecule has 1 aliphatic heterocycles. The molecular weight excluding hydrogens is 715 g/mol. The number of ether oxygens (including phenoxy) is 1. The molecule has 11 aromatic rings. The molecule has 272 valence electrons. The Kier molecular flexibility index (Phi) is 6.43. The molecular formula is C51H31N5O2. The minimum absolute atomic E-state index is 0.0354. The third-order valence-corrected chi connectivity index (χ3v) is 11.9. The second kappa shape index (κ2) is 11.9. The van der Waals surface area contributed by atoms with Crippen LogP contribution < -0.4 is 4.74 Å². The van der Waals surface area contributed by atoms with Crippen LogP contribution in [0.4, 0.5) is 0 Å². The van der Waals surface area contributed by atoms with Gasteiger partial charge in [0.1, 0.15) is 23.0 Å². The Balaban J connectivity index is 1.06. The fraction of sp³-hybridized carbons (Fsp3) is 0.0392. The van der Waals surface area contributed by atoms with E-state index in [4.69, 9.17) is 24.1 Å². The zero-order chi connectivity index (χ0) is 37.9. The predicted octanol–water partition coefficient (Wildman–Crippen LogP) is 12.4. The van der Waals surface area contributed by atoms with E-state index < -0.39 is 0 Å². The highest BCUT2D eigenvalue weighted by atomic mass is 16.5. The molecule has 0 spiro atoms. The van der Waals surface area contributed by atoms with E-state index in [2.05, 4.69) is 112 Å². The maximum Gasteiger partial charge on any atom is 0.238 e. The Morgan fingerprint density at radius 3 is 1.69 bits per heavy atom. The lowest BCUT2D eigenvalue weighted by molar-refractivity contribution is 0.279. The molecule has 0 radical (unpaired) electrons. The highest BCUT2D eigenvalue weighted by Crippen LogP contribution is 2.47. The van der Waals surface area contributed by atoms with Gasteiger partial charge in [-0.1, -0.05) is 121 Å². The molecule has 13 rings (SSSR count). The van der Waals surface area contributed by atoms with Gasteiger partial charge in [0.05, 0.1) is 32.8 Å². The van der Waals surface area contributed by atoms with Gasteiger partial charge >= 0.3 is 0 Å². The van der Waals surface area contributed by atoms with Crippen LogP contribution in [0.25, 0.3) is 106 Å². The van der Waals surface area contributed by atoms with Crippen molar-refractivity contribution < 1.29 is 9.15 Å². The van der Waals surface area contributed by atoms with E-state index in [0.717, 1.165) is 94.5 Å². The number of fused-ring (bicyclic) bond motifs is 14. The van der Waals surface area contributed by atoms with Crippen molar-refractivity contribution in [3.63, 3.8) is 0 Å². The zero-order valence-electron chi connectivity index (χ0n) is 31.0. The Morgan fingerprint density at radius 2 is 1.03 bits per heavy atom. The second-order valence-electron chi connectivity index (χ2n) is 15.1. The van der Waals surface area contributed by atoms with Gasteiger partial charge in [0.25, 0.3) is 0 Å². The van der Waals surface area contributed by atoms with Crippen LogP contribution in [0, 0.1) is 0 Å². The Bertz CT molecular complexity index is 3520. The minimum atomic E-state index is 0.0354. The van der Waals surface area contributed by atoms with E-state index in [0.29, 0.717) is 17.6 Å². The number of para-hydroxylation sites is 3. The van der Waals surface area contributed by atoms with E-state index in [1.165, 1.54) is 11.1 Å². The standard InChI is InChI=1S/C51H31N5O2/c1-3-13-30(14-4-1)49-52-50(31-15-5-2-6-16-31)54-51(53-49)56-40-21-11-8-19-37(40)46-42(56)27-25-35-34-24-26-41-45(47(34)58-48(35)46)36-18-7-10-20-39(36)55(41)32-23-28-44-38(29-32)33-17-9-12-22-43(33)57-44/h1-27,29,44H,28H2. The number of allylic oxidation sites excluding steroid dienone is 2. The topological polar surface area (TPSA) is 70.9 Å². The summed E-state index contributed by atoms with van der Waals surface area (Å²) in [5.74, 6) is 2.73. The molecule has 7 aromatic carbocycles. The number of aromatic nitrogens is 5. The lowest BCUT2D eigenvalue weighted by Gasteiger charge is -2.19. The molecule has 7 heteroatoms. The van der Waals surface area contributed by atoms with E-state index in [9.17, 15) is 0 Å². The maximum atomic E-state index is 7.21. The van der Waals surface area contributed by atoms with Crippen molar-refractivity contribution in [1.82, 2.24) is 24.1 Å². The average Bonchev–Trinajstić information content (AvgIpc) is 4.04. The van der Waals surface area contributed by atoms with E-state index in [1.807, 2.05) is 66.7 Å². The van der Waals surface area contributed by atoms with Crippen molar-refractivity contribution in [2.24, 2.45) is 0 Å². The molecule has 1 aliphatic carbocycles. The van der Waals surface area contributed by atoms with Crippen LogP contribution in [0.3, 0.4) is 0 Å². The zero-order valence-corrected chi connectivity index (χ0v) is 31.0. The summed E-state index contributed by atoms with van der Waals surface area (Å²) in [6, 6.07) is 54.5. The fourth-order valence-electron chi connectivity index (χ4n) is 9.33. The summed E-state index contributed by atoms with van der Waals surface area (Å²) in [6.07, 6.45) is 5.45. The third-order valence-electron chi connectivity index (χ3n) is 11.9. The molecule has 0 bridgehead atoms. The SMILES string of the molecule is C1=C2c3ccccc3OC2CC=C1n1c2ccccc2c2c3oc4c(ccc5c4c4ccccc4n5-c4nc(-c5ccccc5)nc(-c5ccccc5)n4)c3ccc21. The van der Waals surface area contributed by atoms with Gasteiger partial charge in [0.2, 0.25) is 5.95 Å². The highest BCUT2D eigenvalue weighted by molar-refractivity contribution is 6.29. The fourth-order valence-corrected chi connectivity index (χ4v) is 9.33. The average molecular weight is 746 g/mol. The molecule has 4 aromatic heterocycles. The number of benzene rings is 7. The van der Waals surface area contributed by atoms with Crippen molar-refractivity contribution >= 4 is 76.8 Å². The van der Waals surface area contributed by atoms with Crippen LogP contribution >= 0.6 is 0 Å². The van der Waals surface area contributed by atoms with Gasteiger partial charge in [-0.15, -0.1) is 0 Å². The first-order chi connectivity index (χ1) is 28.8. The van der Waals surface area contributed by atoms with Crippen LogP contribution in [-0.2, 0) is 0 Å². The lowest BCUT2D eigenvalue weighted by Crippen LogP contribution is -2.14. The molecule has 0 fully saturated rings. The predicted molar refractivity (Wildman–Crippen MR) is 233 cm³/mol. The molecule has 7 nitrogen and oxygen atoms in total. The summed E-state index contributed by atoms with van der Waals surface area (Å²) in [4.78, 5) is 15.2. The van der Waals surface area contributed by atoms with Crippen LogP contribution in [0.15, 0.2) is 174 Å². The number of rotatable bonds is 4. The monoisotopic (exact) mass is 745 g/mol. The minimum Gasteiger partial charge on any atom is -0.485 e. The maximum absolute atomic E-state index is 7.21. The lowest BCUT2D eigenvalue weighted by atomic mass is 9.95. The van der Waals surface area contributed by atoms with Gasteiger partial charge in [-0.3, -0.25) is 4.57 Å². The molecule has 0 N–H and O–H groups in total. The molecule has 5 heterocycles. The summed E-state index contributed by atoms with van der Waals surface area (Å²) in [5.41, 5.74) is 11.3. The smallest absolute Gasteiger partial charge is 0.238 e. The molecule has 0 saturated heterocycles. The molecule has 58 heavy (non-hydrogen) atoms. The quantitative estimate of drug-likeness (QED) is 0.179. The van der Waals surface area contributed by atoms with Gasteiger partial charge in [0, 0.05) is 55.9 Å². The Labute approximate surface area is 331 Å². The summed E-state index contributed by atoms with van der Waals surface area (Å²) in [6.45, 7) is 0. The van der Waals surface area contributed by atoms with Crippen LogP contribution in [0.5, 0.6) is 5.75 Å². The van der Waals surface area contributed by atoms with Crippen molar-refractivity contribution in [1.29, 1.82) is 0 Å². The summed E-state index contributed by atoms with van der Waals surface area (Å²) >= 11 is 0. The van der Waals surface area contributed by atoms with E-state index in [1.54, 1.807) is 0 Å². The highest BCUT2D eigenvalue weighted by Gasteiger charge is 2.31.